The molecular formula is C13H17FN2S. The molecule has 1 heterocycles. The number of anilines is 1. The van der Waals surface area contributed by atoms with E-state index in [-0.39, 0.29) is 10.8 Å². The Balaban J connectivity index is 2.27. The summed E-state index contributed by atoms with van der Waals surface area (Å²) in [7, 11) is 0. The highest BCUT2D eigenvalue weighted by atomic mass is 32.1. The van der Waals surface area contributed by atoms with Gasteiger partial charge in [-0.1, -0.05) is 12.2 Å². The van der Waals surface area contributed by atoms with E-state index < -0.39 is 0 Å². The van der Waals surface area contributed by atoms with Crippen LogP contribution in [0, 0.1) is 5.82 Å². The van der Waals surface area contributed by atoms with Crippen molar-refractivity contribution >= 4 is 22.9 Å². The van der Waals surface area contributed by atoms with Crippen LogP contribution in [0.15, 0.2) is 18.2 Å². The van der Waals surface area contributed by atoms with Crippen molar-refractivity contribution < 1.29 is 4.39 Å². The standard InChI is InChI=1S/C13H17FN2S/c1-9-4-2-3-7-16(9)10-5-6-11(13(15)17)12(14)8-10/h5-6,8-9H,2-4,7H2,1H3,(H2,15,17). The Labute approximate surface area is 107 Å². The van der Waals surface area contributed by atoms with E-state index in [1.807, 2.05) is 6.07 Å². The van der Waals surface area contributed by atoms with Crippen LogP contribution in [0.4, 0.5) is 10.1 Å². The van der Waals surface area contributed by atoms with Crippen LogP contribution < -0.4 is 10.6 Å². The van der Waals surface area contributed by atoms with Crippen LogP contribution >= 0.6 is 12.2 Å². The summed E-state index contributed by atoms with van der Waals surface area (Å²) in [5, 5.41) is 0. The maximum absolute atomic E-state index is 13.8. The van der Waals surface area contributed by atoms with E-state index in [0.29, 0.717) is 11.6 Å². The maximum Gasteiger partial charge on any atom is 0.135 e. The summed E-state index contributed by atoms with van der Waals surface area (Å²) in [5.74, 6) is -0.326. The summed E-state index contributed by atoms with van der Waals surface area (Å²) in [6.45, 7) is 3.17. The molecule has 0 amide bonds. The van der Waals surface area contributed by atoms with Gasteiger partial charge in [0.1, 0.15) is 10.8 Å². The van der Waals surface area contributed by atoms with Gasteiger partial charge >= 0.3 is 0 Å². The Morgan fingerprint density at radius 3 is 2.82 bits per heavy atom. The van der Waals surface area contributed by atoms with Gasteiger partial charge in [-0.25, -0.2) is 4.39 Å². The molecule has 0 spiro atoms. The average Bonchev–Trinajstić information content (AvgIpc) is 2.29. The molecule has 1 unspecified atom stereocenters. The molecule has 2 N–H and O–H groups in total. The molecule has 1 atom stereocenters. The van der Waals surface area contributed by atoms with Crippen molar-refractivity contribution in [3.8, 4) is 0 Å². The normalized spacial score (nSPS) is 20.4. The quantitative estimate of drug-likeness (QED) is 0.821. The van der Waals surface area contributed by atoms with E-state index in [9.17, 15) is 4.39 Å². The molecule has 0 radical (unpaired) electrons. The fraction of sp³-hybridized carbons (Fsp3) is 0.462. The van der Waals surface area contributed by atoms with Gasteiger partial charge in [0.05, 0.1) is 0 Å². The molecule has 1 saturated heterocycles. The lowest BCUT2D eigenvalue weighted by atomic mass is 10.0. The van der Waals surface area contributed by atoms with Crippen LogP contribution in [-0.2, 0) is 0 Å². The lowest BCUT2D eigenvalue weighted by Crippen LogP contribution is -2.37. The molecule has 4 heteroatoms. The SMILES string of the molecule is CC1CCCCN1c1ccc(C(N)=S)c(F)c1. The second-order valence-corrected chi connectivity index (χ2v) is 5.01. The monoisotopic (exact) mass is 252 g/mol. The van der Waals surface area contributed by atoms with E-state index >= 15 is 0 Å². The number of hydrogen-bond acceptors (Lipinski definition) is 2. The molecule has 2 nitrogen and oxygen atoms in total. The van der Waals surface area contributed by atoms with Gasteiger partial charge in [-0.3, -0.25) is 0 Å². The van der Waals surface area contributed by atoms with Gasteiger partial charge in [0.2, 0.25) is 0 Å². The highest BCUT2D eigenvalue weighted by Gasteiger charge is 2.19. The minimum Gasteiger partial charge on any atom is -0.389 e. The zero-order chi connectivity index (χ0) is 12.4. The van der Waals surface area contributed by atoms with E-state index in [4.69, 9.17) is 18.0 Å². The maximum atomic E-state index is 13.8. The van der Waals surface area contributed by atoms with Gasteiger partial charge in [0.25, 0.3) is 0 Å². The highest BCUT2D eigenvalue weighted by molar-refractivity contribution is 7.80. The number of rotatable bonds is 2. The topological polar surface area (TPSA) is 29.3 Å². The summed E-state index contributed by atoms with van der Waals surface area (Å²) in [5.41, 5.74) is 6.70. The minimum atomic E-state index is -0.326. The summed E-state index contributed by atoms with van der Waals surface area (Å²) in [6.07, 6.45) is 3.59. The zero-order valence-electron chi connectivity index (χ0n) is 9.95. The van der Waals surface area contributed by atoms with Crippen molar-refractivity contribution in [1.29, 1.82) is 0 Å². The van der Waals surface area contributed by atoms with Gasteiger partial charge in [-0.15, -0.1) is 0 Å². The molecule has 1 aromatic rings. The third-order valence-electron chi connectivity index (χ3n) is 3.35. The molecule has 1 fully saturated rings. The van der Waals surface area contributed by atoms with E-state index in [1.165, 1.54) is 25.3 Å². The smallest absolute Gasteiger partial charge is 0.135 e. The lowest BCUT2D eigenvalue weighted by Gasteiger charge is -2.35. The van der Waals surface area contributed by atoms with E-state index in [1.54, 1.807) is 6.07 Å². The zero-order valence-corrected chi connectivity index (χ0v) is 10.8. The Morgan fingerprint density at radius 1 is 1.47 bits per heavy atom. The number of benzene rings is 1. The molecule has 17 heavy (non-hydrogen) atoms. The van der Waals surface area contributed by atoms with Crippen molar-refractivity contribution in [2.24, 2.45) is 5.73 Å². The van der Waals surface area contributed by atoms with Gasteiger partial charge in [-0.2, -0.15) is 0 Å². The molecular weight excluding hydrogens is 235 g/mol. The van der Waals surface area contributed by atoms with Gasteiger partial charge in [-0.05, 0) is 44.4 Å². The molecule has 0 aromatic heterocycles. The van der Waals surface area contributed by atoms with E-state index in [2.05, 4.69) is 11.8 Å². The number of nitrogens with two attached hydrogens (primary N) is 1. The Kier molecular flexibility index (Phi) is 3.62. The van der Waals surface area contributed by atoms with Crippen LogP contribution in [-0.4, -0.2) is 17.6 Å². The Bertz CT molecular complexity index is 433. The molecule has 1 aliphatic rings. The second kappa shape index (κ2) is 5.00. The number of halogens is 1. The number of thiocarbonyl (C=S) groups is 1. The first-order valence-electron chi connectivity index (χ1n) is 5.95. The number of nitrogens with zero attached hydrogens (tertiary/aromatic N) is 1. The van der Waals surface area contributed by atoms with Crippen molar-refractivity contribution in [3.05, 3.63) is 29.6 Å². The van der Waals surface area contributed by atoms with Crippen molar-refractivity contribution in [3.63, 3.8) is 0 Å². The number of piperidine rings is 1. The molecule has 92 valence electrons. The first-order chi connectivity index (χ1) is 8.09. The number of hydrogen-bond donors (Lipinski definition) is 1. The van der Waals surface area contributed by atoms with Crippen LogP contribution in [0.3, 0.4) is 0 Å². The van der Waals surface area contributed by atoms with Crippen molar-refractivity contribution in [1.82, 2.24) is 0 Å². The Hall–Kier alpha value is -1.16. The van der Waals surface area contributed by atoms with Crippen LogP contribution in [0.5, 0.6) is 0 Å². The predicted molar refractivity (Wildman–Crippen MR) is 72.9 cm³/mol. The first kappa shape index (κ1) is 12.3. The van der Waals surface area contributed by atoms with Crippen LogP contribution in [0.2, 0.25) is 0 Å². The summed E-state index contributed by atoms with van der Waals surface area (Å²) in [6, 6.07) is 5.59. The largest absolute Gasteiger partial charge is 0.389 e. The Morgan fingerprint density at radius 2 is 2.24 bits per heavy atom. The first-order valence-corrected chi connectivity index (χ1v) is 6.36. The molecule has 1 aliphatic heterocycles. The van der Waals surface area contributed by atoms with Crippen LogP contribution in [0.1, 0.15) is 31.7 Å². The van der Waals surface area contributed by atoms with Crippen molar-refractivity contribution in [2.45, 2.75) is 32.2 Å². The van der Waals surface area contributed by atoms with Gasteiger partial charge in [0, 0.05) is 23.8 Å². The third kappa shape index (κ3) is 2.57. The van der Waals surface area contributed by atoms with Crippen LogP contribution in [0.25, 0.3) is 0 Å². The lowest BCUT2D eigenvalue weighted by molar-refractivity contribution is 0.484. The predicted octanol–water partition coefficient (Wildman–Crippen LogP) is 2.84. The van der Waals surface area contributed by atoms with E-state index in [0.717, 1.165) is 12.2 Å². The highest BCUT2D eigenvalue weighted by Crippen LogP contribution is 2.26. The summed E-state index contributed by atoms with van der Waals surface area (Å²) < 4.78 is 13.8. The molecule has 1 aromatic carbocycles. The minimum absolute atomic E-state index is 0.112. The third-order valence-corrected chi connectivity index (χ3v) is 3.57. The van der Waals surface area contributed by atoms with Gasteiger partial charge in [0.15, 0.2) is 0 Å². The van der Waals surface area contributed by atoms with Crippen molar-refractivity contribution in [2.75, 3.05) is 11.4 Å². The summed E-state index contributed by atoms with van der Waals surface area (Å²) >= 11 is 4.80. The average molecular weight is 252 g/mol. The second-order valence-electron chi connectivity index (χ2n) is 4.57. The molecule has 0 aliphatic carbocycles. The molecule has 0 bridgehead atoms. The summed E-state index contributed by atoms with van der Waals surface area (Å²) in [4.78, 5) is 2.36. The molecule has 0 saturated carbocycles. The fourth-order valence-corrected chi connectivity index (χ4v) is 2.53. The fourth-order valence-electron chi connectivity index (χ4n) is 2.36. The van der Waals surface area contributed by atoms with Gasteiger partial charge < -0.3 is 10.6 Å². The molecule has 2 rings (SSSR count).